The molecule has 2 aliphatic carbocycles. The fraction of sp³-hybridized carbons (Fsp3) is 0.652. The van der Waals surface area contributed by atoms with Crippen molar-refractivity contribution in [1.82, 2.24) is 0 Å². The standard InChI is InChI=1S/C23H33F/c1-4-6-18(8-5-7-17(3)19-10-11-19)14-22-21-12-9-16(2)13-20(21)15-23(22)24/h9,12-13,18-19,22-23H,3-8,10-11,14-15H2,1-2H3/t18?,22-,23?/m1/s1. The number of benzene rings is 1. The van der Waals surface area contributed by atoms with Gasteiger partial charge in [0, 0.05) is 12.3 Å². The summed E-state index contributed by atoms with van der Waals surface area (Å²) in [5, 5.41) is 0. The Morgan fingerprint density at radius 2 is 2.08 bits per heavy atom. The fourth-order valence-corrected chi connectivity index (χ4v) is 4.56. The lowest BCUT2D eigenvalue weighted by Crippen LogP contribution is -2.14. The first kappa shape index (κ1) is 17.7. The normalized spacial score (nSPS) is 24.0. The summed E-state index contributed by atoms with van der Waals surface area (Å²) in [6, 6.07) is 6.53. The maximum Gasteiger partial charge on any atom is 0.111 e. The number of halogens is 1. The predicted octanol–water partition coefficient (Wildman–Crippen LogP) is 6.92. The van der Waals surface area contributed by atoms with E-state index in [1.807, 2.05) is 0 Å². The van der Waals surface area contributed by atoms with Crippen molar-refractivity contribution in [2.45, 2.75) is 83.7 Å². The van der Waals surface area contributed by atoms with Gasteiger partial charge in [-0.1, -0.05) is 62.1 Å². The average Bonchev–Trinajstić information content (AvgIpc) is 3.34. The minimum atomic E-state index is -0.678. The van der Waals surface area contributed by atoms with Crippen LogP contribution in [0.25, 0.3) is 0 Å². The van der Waals surface area contributed by atoms with Gasteiger partial charge in [0.05, 0.1) is 0 Å². The molecule has 1 saturated carbocycles. The van der Waals surface area contributed by atoms with Gasteiger partial charge in [-0.05, 0) is 62.0 Å². The molecule has 0 N–H and O–H groups in total. The van der Waals surface area contributed by atoms with Gasteiger partial charge >= 0.3 is 0 Å². The van der Waals surface area contributed by atoms with Gasteiger partial charge in [0.25, 0.3) is 0 Å². The molecule has 0 heterocycles. The second-order valence-electron chi connectivity index (χ2n) is 8.24. The first-order valence-corrected chi connectivity index (χ1v) is 9.99. The number of rotatable bonds is 9. The summed E-state index contributed by atoms with van der Waals surface area (Å²) < 4.78 is 14.7. The van der Waals surface area contributed by atoms with Crippen LogP contribution >= 0.6 is 0 Å². The lowest BCUT2D eigenvalue weighted by molar-refractivity contribution is 0.254. The molecule has 2 unspecified atom stereocenters. The largest absolute Gasteiger partial charge is 0.246 e. The maximum absolute atomic E-state index is 14.7. The molecule has 0 radical (unpaired) electrons. The molecule has 24 heavy (non-hydrogen) atoms. The summed E-state index contributed by atoms with van der Waals surface area (Å²) in [6.45, 7) is 8.62. The molecule has 0 saturated heterocycles. The van der Waals surface area contributed by atoms with Crippen LogP contribution in [0.5, 0.6) is 0 Å². The van der Waals surface area contributed by atoms with E-state index in [4.69, 9.17) is 0 Å². The molecule has 1 aromatic carbocycles. The molecule has 1 heteroatoms. The second-order valence-corrected chi connectivity index (χ2v) is 8.24. The molecule has 0 aromatic heterocycles. The Balaban J connectivity index is 1.57. The third kappa shape index (κ3) is 4.29. The van der Waals surface area contributed by atoms with Crippen LogP contribution in [-0.4, -0.2) is 6.17 Å². The van der Waals surface area contributed by atoms with Crippen molar-refractivity contribution < 1.29 is 4.39 Å². The average molecular weight is 329 g/mol. The second kappa shape index (κ2) is 7.85. The number of hydrogen-bond acceptors (Lipinski definition) is 0. The minimum Gasteiger partial charge on any atom is -0.246 e. The molecule has 1 aromatic rings. The topological polar surface area (TPSA) is 0 Å². The monoisotopic (exact) mass is 328 g/mol. The highest BCUT2D eigenvalue weighted by molar-refractivity contribution is 5.39. The van der Waals surface area contributed by atoms with E-state index in [9.17, 15) is 4.39 Å². The van der Waals surface area contributed by atoms with E-state index in [1.54, 1.807) is 0 Å². The van der Waals surface area contributed by atoms with Gasteiger partial charge in [-0.3, -0.25) is 0 Å². The minimum absolute atomic E-state index is 0.129. The summed E-state index contributed by atoms with van der Waals surface area (Å²) in [5.41, 5.74) is 5.27. The van der Waals surface area contributed by atoms with Gasteiger partial charge < -0.3 is 0 Å². The highest BCUT2D eigenvalue weighted by Crippen LogP contribution is 2.42. The molecule has 132 valence electrons. The van der Waals surface area contributed by atoms with Crippen molar-refractivity contribution in [2.75, 3.05) is 0 Å². The fourth-order valence-electron chi connectivity index (χ4n) is 4.56. The SMILES string of the molecule is C=C(CCCC(CCC)C[C@@H]1c2ccc(C)cc2CC1F)C1CC1. The number of hydrogen-bond donors (Lipinski definition) is 0. The van der Waals surface area contributed by atoms with Gasteiger partial charge in [-0.15, -0.1) is 0 Å². The third-order valence-corrected chi connectivity index (χ3v) is 6.10. The number of fused-ring (bicyclic) bond motifs is 1. The van der Waals surface area contributed by atoms with Crippen molar-refractivity contribution in [1.29, 1.82) is 0 Å². The Labute approximate surface area is 147 Å². The molecule has 0 bridgehead atoms. The first-order valence-electron chi connectivity index (χ1n) is 9.99. The van der Waals surface area contributed by atoms with Gasteiger partial charge in [0.15, 0.2) is 0 Å². The smallest absolute Gasteiger partial charge is 0.111 e. The maximum atomic E-state index is 14.7. The Morgan fingerprint density at radius 3 is 2.79 bits per heavy atom. The molecule has 0 amide bonds. The summed E-state index contributed by atoms with van der Waals surface area (Å²) in [7, 11) is 0. The van der Waals surface area contributed by atoms with Crippen LogP contribution in [0.15, 0.2) is 30.4 Å². The Kier molecular flexibility index (Phi) is 5.79. The third-order valence-electron chi connectivity index (χ3n) is 6.10. The van der Waals surface area contributed by atoms with Crippen LogP contribution in [-0.2, 0) is 6.42 Å². The highest BCUT2D eigenvalue weighted by Gasteiger charge is 2.34. The number of alkyl halides is 1. The molecule has 1 fully saturated rings. The Bertz CT molecular complexity index is 569. The highest BCUT2D eigenvalue weighted by atomic mass is 19.1. The lowest BCUT2D eigenvalue weighted by atomic mass is 9.83. The molecule has 0 spiro atoms. The lowest BCUT2D eigenvalue weighted by Gasteiger charge is -2.23. The van der Waals surface area contributed by atoms with Crippen LogP contribution in [0.3, 0.4) is 0 Å². The summed E-state index contributed by atoms with van der Waals surface area (Å²) in [6.07, 6.45) is 9.80. The molecular weight excluding hydrogens is 295 g/mol. The van der Waals surface area contributed by atoms with E-state index in [2.05, 4.69) is 38.6 Å². The van der Waals surface area contributed by atoms with Gasteiger partial charge in [0.1, 0.15) is 6.17 Å². The first-order chi connectivity index (χ1) is 11.6. The summed E-state index contributed by atoms with van der Waals surface area (Å²) in [4.78, 5) is 0. The van der Waals surface area contributed by atoms with E-state index >= 15 is 0 Å². The van der Waals surface area contributed by atoms with Crippen LogP contribution in [0.2, 0.25) is 0 Å². The van der Waals surface area contributed by atoms with E-state index < -0.39 is 6.17 Å². The van der Waals surface area contributed by atoms with E-state index in [-0.39, 0.29) is 5.92 Å². The molecule has 0 nitrogen and oxygen atoms in total. The molecule has 3 atom stereocenters. The van der Waals surface area contributed by atoms with Gasteiger partial charge in [0.2, 0.25) is 0 Å². The van der Waals surface area contributed by atoms with E-state index in [0.717, 1.165) is 12.3 Å². The van der Waals surface area contributed by atoms with Gasteiger partial charge in [-0.25, -0.2) is 4.39 Å². The van der Waals surface area contributed by atoms with Crippen molar-refractivity contribution in [3.8, 4) is 0 Å². The number of aryl methyl sites for hydroxylation is 1. The zero-order chi connectivity index (χ0) is 17.1. The van der Waals surface area contributed by atoms with Crippen LogP contribution < -0.4 is 0 Å². The van der Waals surface area contributed by atoms with Crippen LogP contribution in [0, 0.1) is 18.8 Å². The predicted molar refractivity (Wildman–Crippen MR) is 101 cm³/mol. The van der Waals surface area contributed by atoms with Crippen LogP contribution in [0.1, 0.15) is 80.9 Å². The van der Waals surface area contributed by atoms with E-state index in [1.165, 1.54) is 67.2 Å². The zero-order valence-electron chi connectivity index (χ0n) is 15.5. The summed E-state index contributed by atoms with van der Waals surface area (Å²) in [5.74, 6) is 1.62. The van der Waals surface area contributed by atoms with E-state index in [0.29, 0.717) is 12.3 Å². The molecular formula is C23H33F. The summed E-state index contributed by atoms with van der Waals surface area (Å²) >= 11 is 0. The zero-order valence-corrected chi connectivity index (χ0v) is 15.5. The van der Waals surface area contributed by atoms with Crippen molar-refractivity contribution in [3.05, 3.63) is 47.0 Å². The Morgan fingerprint density at radius 1 is 1.29 bits per heavy atom. The quantitative estimate of drug-likeness (QED) is 0.432. The van der Waals surface area contributed by atoms with Crippen molar-refractivity contribution in [2.24, 2.45) is 11.8 Å². The molecule has 3 rings (SSSR count). The molecule has 2 aliphatic rings. The Hall–Kier alpha value is -1.11. The van der Waals surface area contributed by atoms with Gasteiger partial charge in [-0.2, -0.15) is 0 Å². The molecule has 0 aliphatic heterocycles. The van der Waals surface area contributed by atoms with Crippen molar-refractivity contribution in [3.63, 3.8) is 0 Å². The van der Waals surface area contributed by atoms with Crippen molar-refractivity contribution >= 4 is 0 Å². The number of allylic oxidation sites excluding steroid dienone is 1. The van der Waals surface area contributed by atoms with Crippen LogP contribution in [0.4, 0.5) is 4.39 Å².